The summed E-state index contributed by atoms with van der Waals surface area (Å²) in [7, 11) is 0. The molecule has 158 valence electrons. The Kier molecular flexibility index (Phi) is 7.74. The van der Waals surface area contributed by atoms with Crippen LogP contribution in [0.25, 0.3) is 11.1 Å². The topological polar surface area (TPSA) is 17.1 Å². The molecular formula is C22H15F7O. The number of hydrogen-bond donors (Lipinski definition) is 0. The molecule has 0 amide bonds. The first kappa shape index (κ1) is 23.1. The highest BCUT2D eigenvalue weighted by atomic mass is 19.2. The van der Waals surface area contributed by atoms with Crippen LogP contribution >= 0.6 is 0 Å². The zero-order valence-corrected chi connectivity index (χ0v) is 15.6. The predicted octanol–water partition coefficient (Wildman–Crippen LogP) is 6.94. The normalized spacial score (nSPS) is 10.4. The molecule has 0 aliphatic carbocycles. The van der Waals surface area contributed by atoms with E-state index in [1.807, 2.05) is 6.92 Å². The van der Waals surface area contributed by atoms with E-state index in [9.17, 15) is 35.5 Å². The van der Waals surface area contributed by atoms with Crippen LogP contribution in [0.5, 0.6) is 0 Å². The Morgan fingerprint density at radius 2 is 1.40 bits per heavy atom. The average molecular weight is 428 g/mol. The molecule has 3 aromatic rings. The highest BCUT2D eigenvalue weighted by molar-refractivity contribution is 5.89. The lowest BCUT2D eigenvalue weighted by atomic mass is 10.0. The van der Waals surface area contributed by atoms with Gasteiger partial charge < -0.3 is 0 Å². The molecule has 0 radical (unpaired) electrons. The van der Waals surface area contributed by atoms with E-state index in [0.717, 1.165) is 30.3 Å². The minimum absolute atomic E-state index is 0.0427. The van der Waals surface area contributed by atoms with Gasteiger partial charge in [0.1, 0.15) is 5.82 Å². The first-order chi connectivity index (χ1) is 14.1. The van der Waals surface area contributed by atoms with Crippen LogP contribution < -0.4 is 0 Å². The fourth-order valence-corrected chi connectivity index (χ4v) is 2.56. The van der Waals surface area contributed by atoms with Crippen molar-refractivity contribution in [2.45, 2.75) is 19.8 Å². The van der Waals surface area contributed by atoms with E-state index in [2.05, 4.69) is 0 Å². The fraction of sp³-hybridized carbons (Fsp3) is 0.136. The van der Waals surface area contributed by atoms with Crippen molar-refractivity contribution >= 4 is 6.04 Å². The van der Waals surface area contributed by atoms with Gasteiger partial charge in [0.05, 0.1) is 5.56 Å². The maximum atomic E-state index is 13.6. The first-order valence-electron chi connectivity index (χ1n) is 8.72. The lowest BCUT2D eigenvalue weighted by Crippen LogP contribution is -1.96. The van der Waals surface area contributed by atoms with Crippen LogP contribution in [0, 0.1) is 34.9 Å². The van der Waals surface area contributed by atoms with Gasteiger partial charge in [-0.15, -0.1) is 0 Å². The number of aryl methyl sites for hydroxylation is 1. The lowest BCUT2D eigenvalue weighted by Gasteiger charge is -2.05. The molecule has 0 atom stereocenters. The van der Waals surface area contributed by atoms with Crippen molar-refractivity contribution in [3.05, 3.63) is 94.6 Å². The molecular weight excluding hydrogens is 413 g/mol. The van der Waals surface area contributed by atoms with Gasteiger partial charge in [-0.05, 0) is 47.9 Å². The highest BCUT2D eigenvalue weighted by Gasteiger charge is 2.13. The van der Waals surface area contributed by atoms with Crippen LogP contribution in [-0.2, 0) is 6.42 Å². The zero-order valence-electron chi connectivity index (χ0n) is 15.6. The Hall–Kier alpha value is -3.16. The second kappa shape index (κ2) is 10.0. The summed E-state index contributed by atoms with van der Waals surface area (Å²) in [5.74, 6) is -6.61. The van der Waals surface area contributed by atoms with Gasteiger partial charge in [-0.3, -0.25) is 4.79 Å². The van der Waals surface area contributed by atoms with Gasteiger partial charge in [-0.1, -0.05) is 31.5 Å². The fourth-order valence-electron chi connectivity index (χ4n) is 2.56. The molecule has 0 saturated heterocycles. The Labute approximate surface area is 167 Å². The number of hydrogen-bond acceptors (Lipinski definition) is 1. The van der Waals surface area contributed by atoms with E-state index >= 15 is 0 Å². The molecule has 0 aromatic heterocycles. The second-order valence-corrected chi connectivity index (χ2v) is 6.18. The van der Waals surface area contributed by atoms with Crippen molar-refractivity contribution in [3.63, 3.8) is 0 Å². The molecule has 30 heavy (non-hydrogen) atoms. The third-order valence-corrected chi connectivity index (χ3v) is 4.06. The van der Waals surface area contributed by atoms with E-state index in [1.54, 1.807) is 0 Å². The number of carbonyl (C=O) groups excluding carboxylic acids is 1. The minimum atomic E-state index is -1.76. The summed E-state index contributed by atoms with van der Waals surface area (Å²) in [6, 6.07) is 6.25. The van der Waals surface area contributed by atoms with Crippen molar-refractivity contribution < 1.29 is 35.5 Å². The van der Waals surface area contributed by atoms with Crippen molar-refractivity contribution in [2.75, 3.05) is 0 Å². The molecule has 0 heterocycles. The average Bonchev–Trinajstić information content (AvgIpc) is 2.71. The highest BCUT2D eigenvalue weighted by Crippen LogP contribution is 2.25. The maximum absolute atomic E-state index is 13.6. The maximum Gasteiger partial charge on any atom is 0.332 e. The number of benzene rings is 3. The van der Waals surface area contributed by atoms with E-state index < -0.39 is 46.5 Å². The Balaban J connectivity index is 0.000000232. The molecule has 0 aliphatic rings. The van der Waals surface area contributed by atoms with Gasteiger partial charge in [0.2, 0.25) is 0 Å². The van der Waals surface area contributed by atoms with Gasteiger partial charge in [-0.2, -0.15) is 4.39 Å². The van der Waals surface area contributed by atoms with Crippen molar-refractivity contribution in [3.8, 4) is 11.1 Å². The molecule has 3 rings (SSSR count). The molecule has 8 heteroatoms. The van der Waals surface area contributed by atoms with Gasteiger partial charge >= 0.3 is 6.04 Å². The molecule has 0 unspecified atom stereocenters. The summed E-state index contributed by atoms with van der Waals surface area (Å²) in [4.78, 5) is 10.4. The van der Waals surface area contributed by atoms with E-state index in [1.165, 1.54) is 12.1 Å². The van der Waals surface area contributed by atoms with Gasteiger partial charge in [0.15, 0.2) is 29.1 Å². The van der Waals surface area contributed by atoms with Crippen molar-refractivity contribution in [1.29, 1.82) is 0 Å². The second-order valence-electron chi connectivity index (χ2n) is 6.18. The van der Waals surface area contributed by atoms with Gasteiger partial charge in [0, 0.05) is 5.56 Å². The molecule has 0 spiro atoms. The largest absolute Gasteiger partial charge is 0.332 e. The van der Waals surface area contributed by atoms with Crippen LogP contribution in [0.4, 0.5) is 30.7 Å². The van der Waals surface area contributed by atoms with Crippen LogP contribution in [0.2, 0.25) is 0 Å². The van der Waals surface area contributed by atoms with Crippen molar-refractivity contribution in [2.24, 2.45) is 0 Å². The number of halogens is 7. The number of carbonyl (C=O) groups is 1. The summed E-state index contributed by atoms with van der Waals surface area (Å²) >= 11 is 0. The summed E-state index contributed by atoms with van der Waals surface area (Å²) in [6.45, 7) is 1.85. The Morgan fingerprint density at radius 3 is 1.97 bits per heavy atom. The van der Waals surface area contributed by atoms with Crippen molar-refractivity contribution in [1.82, 2.24) is 0 Å². The van der Waals surface area contributed by atoms with Gasteiger partial charge in [-0.25, -0.2) is 26.3 Å². The third kappa shape index (κ3) is 5.46. The first-order valence-corrected chi connectivity index (χ1v) is 8.72. The molecule has 0 saturated carbocycles. The van der Waals surface area contributed by atoms with Crippen LogP contribution in [0.15, 0.2) is 48.5 Å². The summed E-state index contributed by atoms with van der Waals surface area (Å²) in [6.07, 6.45) is 1.14. The van der Waals surface area contributed by atoms with Crippen LogP contribution in [-0.4, -0.2) is 6.04 Å². The number of rotatable bonds is 4. The minimum Gasteiger partial charge on any atom is -0.255 e. The van der Waals surface area contributed by atoms with Crippen LogP contribution in [0.3, 0.4) is 0 Å². The van der Waals surface area contributed by atoms with Crippen LogP contribution in [0.1, 0.15) is 29.3 Å². The Bertz CT molecular complexity index is 1060. The predicted molar refractivity (Wildman–Crippen MR) is 97.5 cm³/mol. The molecule has 0 fully saturated rings. The Morgan fingerprint density at radius 1 is 0.733 bits per heavy atom. The van der Waals surface area contributed by atoms with Gasteiger partial charge in [0.25, 0.3) is 0 Å². The molecule has 3 aromatic carbocycles. The molecule has 0 N–H and O–H groups in total. The molecule has 0 bridgehead atoms. The molecule has 0 aliphatic heterocycles. The summed E-state index contributed by atoms with van der Waals surface area (Å²) in [5, 5.41) is 0. The van der Waals surface area contributed by atoms with E-state index in [-0.39, 0.29) is 16.7 Å². The SMILES string of the molecule is CCCc1ccc(F)c(F)c1F.O=C(F)c1ccc(-c2ccc(F)c(F)c2)c(F)c1. The lowest BCUT2D eigenvalue weighted by molar-refractivity contribution is 0.0835. The quantitative estimate of drug-likeness (QED) is 0.250. The molecule has 1 nitrogen and oxygen atoms in total. The van der Waals surface area contributed by atoms with E-state index in [0.29, 0.717) is 18.9 Å². The summed E-state index contributed by atoms with van der Waals surface area (Å²) in [5.41, 5.74) is -0.140. The standard InChI is InChI=1S/C13H6F4O.C9H9F3/c14-10-4-2-7(5-12(10)16)9-3-1-8(13(17)18)6-11(9)15;1-2-3-6-4-5-7(10)9(12)8(6)11/h1-6H;4-5H,2-3H2,1H3. The summed E-state index contributed by atoms with van der Waals surface area (Å²) < 4.78 is 89.4. The zero-order chi connectivity index (χ0) is 22.4. The van der Waals surface area contributed by atoms with E-state index in [4.69, 9.17) is 0 Å². The monoisotopic (exact) mass is 428 g/mol. The smallest absolute Gasteiger partial charge is 0.255 e. The third-order valence-electron chi connectivity index (χ3n) is 4.06.